The molecule has 0 aliphatic heterocycles. The first-order chi connectivity index (χ1) is 13.7. The van der Waals surface area contributed by atoms with Crippen LogP contribution in [-0.4, -0.2) is 32.6 Å². The average Bonchev–Trinajstić information content (AvgIpc) is 3.36. The fraction of sp³-hybridized carbons (Fsp3) is 0.200. The largest absolute Gasteiger partial charge is 0.444 e. The Morgan fingerprint density at radius 3 is 2.66 bits per heavy atom. The second-order valence-electron chi connectivity index (χ2n) is 6.33. The van der Waals surface area contributed by atoms with E-state index in [-0.39, 0.29) is 24.0 Å². The summed E-state index contributed by atoms with van der Waals surface area (Å²) in [5.41, 5.74) is 3.77. The summed E-state index contributed by atoms with van der Waals surface area (Å²) in [4.78, 5) is 8.76. The Labute approximate surface area is 185 Å². The van der Waals surface area contributed by atoms with Gasteiger partial charge in [-0.1, -0.05) is 23.8 Å². The van der Waals surface area contributed by atoms with Crippen LogP contribution in [0, 0.1) is 6.92 Å². The summed E-state index contributed by atoms with van der Waals surface area (Å²) < 4.78 is 7.53. The van der Waals surface area contributed by atoms with Crippen molar-refractivity contribution in [1.29, 1.82) is 0 Å². The van der Waals surface area contributed by atoms with Crippen LogP contribution in [0.5, 0.6) is 0 Å². The number of aryl methyl sites for hydroxylation is 1. The van der Waals surface area contributed by atoms with E-state index in [0.29, 0.717) is 24.9 Å². The van der Waals surface area contributed by atoms with E-state index in [0.717, 1.165) is 22.7 Å². The zero-order valence-electron chi connectivity index (χ0n) is 16.2. The third-order valence-electron chi connectivity index (χ3n) is 4.31. The predicted molar refractivity (Wildman–Crippen MR) is 122 cm³/mol. The molecule has 0 radical (unpaired) electrons. The van der Waals surface area contributed by atoms with Gasteiger partial charge in [0.1, 0.15) is 6.26 Å². The molecule has 2 N–H and O–H groups in total. The summed E-state index contributed by atoms with van der Waals surface area (Å²) in [5.74, 6) is 2.06. The minimum absolute atomic E-state index is 0. The van der Waals surface area contributed by atoms with Crippen molar-refractivity contribution < 1.29 is 4.42 Å². The first-order valence-electron chi connectivity index (χ1n) is 8.97. The topological polar surface area (TPSA) is 92.6 Å². The Kier molecular flexibility index (Phi) is 6.81. The summed E-state index contributed by atoms with van der Waals surface area (Å²) >= 11 is 0. The highest BCUT2D eigenvalue weighted by Gasteiger charge is 2.09. The molecule has 4 rings (SSSR count). The van der Waals surface area contributed by atoms with Crippen LogP contribution >= 0.6 is 24.0 Å². The van der Waals surface area contributed by atoms with Gasteiger partial charge in [0.2, 0.25) is 5.89 Å². The van der Waals surface area contributed by atoms with Crippen LogP contribution in [0.3, 0.4) is 0 Å². The molecule has 3 heterocycles. The summed E-state index contributed by atoms with van der Waals surface area (Å²) in [6.07, 6.45) is 3.59. The van der Waals surface area contributed by atoms with Gasteiger partial charge in [-0.05, 0) is 31.2 Å². The predicted octanol–water partition coefficient (Wildman–Crippen LogP) is 3.18. The monoisotopic (exact) mass is 503 g/mol. The third-order valence-corrected chi connectivity index (χ3v) is 4.31. The lowest BCUT2D eigenvalue weighted by Gasteiger charge is -2.09. The van der Waals surface area contributed by atoms with Gasteiger partial charge in [0, 0.05) is 18.8 Å². The van der Waals surface area contributed by atoms with E-state index in [1.807, 2.05) is 53.1 Å². The van der Waals surface area contributed by atoms with E-state index >= 15 is 0 Å². The molecule has 8 nitrogen and oxygen atoms in total. The Hall–Kier alpha value is -2.95. The molecule has 9 heteroatoms. The molecule has 3 aromatic heterocycles. The maximum Gasteiger partial charge on any atom is 0.226 e. The molecular formula is C20H22IN7O. The van der Waals surface area contributed by atoms with Gasteiger partial charge in [0.25, 0.3) is 0 Å². The van der Waals surface area contributed by atoms with Gasteiger partial charge in [-0.25, -0.2) is 4.98 Å². The lowest BCUT2D eigenvalue weighted by molar-refractivity contribution is 0.572. The Morgan fingerprint density at radius 2 is 1.86 bits per heavy atom. The van der Waals surface area contributed by atoms with E-state index in [1.165, 1.54) is 5.56 Å². The lowest BCUT2D eigenvalue weighted by Crippen LogP contribution is -2.36. The normalized spacial score (nSPS) is 11.3. The molecule has 0 fully saturated rings. The molecule has 0 aliphatic rings. The van der Waals surface area contributed by atoms with Crippen molar-refractivity contribution in [3.8, 4) is 11.5 Å². The van der Waals surface area contributed by atoms with Gasteiger partial charge in [0.15, 0.2) is 17.4 Å². The third kappa shape index (κ3) is 4.91. The van der Waals surface area contributed by atoms with Gasteiger partial charge in [-0.15, -0.1) is 34.2 Å². The molecule has 0 spiro atoms. The minimum Gasteiger partial charge on any atom is -0.444 e. The van der Waals surface area contributed by atoms with Crippen molar-refractivity contribution in [2.75, 3.05) is 7.05 Å². The number of halogens is 1. The molecule has 4 aromatic rings. The van der Waals surface area contributed by atoms with Crippen molar-refractivity contribution in [3.05, 3.63) is 72.0 Å². The fourth-order valence-electron chi connectivity index (χ4n) is 2.79. The number of hydrogen-bond donors (Lipinski definition) is 2. The molecule has 1 aromatic carbocycles. The molecule has 0 saturated carbocycles. The number of nitrogens with one attached hydrogen (secondary N) is 2. The van der Waals surface area contributed by atoms with E-state index in [9.17, 15) is 0 Å². The van der Waals surface area contributed by atoms with Gasteiger partial charge in [0.05, 0.1) is 18.8 Å². The molecule has 0 unspecified atom stereocenters. The number of rotatable bonds is 5. The summed E-state index contributed by atoms with van der Waals surface area (Å²) in [7, 11) is 1.72. The van der Waals surface area contributed by atoms with Crippen LogP contribution in [0.15, 0.2) is 64.3 Å². The maximum absolute atomic E-state index is 5.59. The number of guanidine groups is 1. The van der Waals surface area contributed by atoms with Gasteiger partial charge >= 0.3 is 0 Å². The zero-order valence-corrected chi connectivity index (χ0v) is 18.5. The van der Waals surface area contributed by atoms with Crippen molar-refractivity contribution >= 4 is 35.6 Å². The van der Waals surface area contributed by atoms with Crippen molar-refractivity contribution in [2.24, 2.45) is 4.99 Å². The number of oxazole rings is 1. The molecule has 0 amide bonds. The van der Waals surface area contributed by atoms with Crippen molar-refractivity contribution in [2.45, 2.75) is 20.0 Å². The van der Waals surface area contributed by atoms with Gasteiger partial charge in [-0.3, -0.25) is 9.39 Å². The lowest BCUT2D eigenvalue weighted by atomic mass is 10.1. The van der Waals surface area contributed by atoms with Crippen LogP contribution in [-0.2, 0) is 13.1 Å². The summed E-state index contributed by atoms with van der Waals surface area (Å²) in [5, 5.41) is 14.8. The fourth-order valence-corrected chi connectivity index (χ4v) is 2.79. The van der Waals surface area contributed by atoms with E-state index in [4.69, 9.17) is 4.42 Å². The number of nitrogens with zero attached hydrogens (tertiary/aromatic N) is 5. The number of fused-ring (bicyclic) bond motifs is 1. The first-order valence-corrected chi connectivity index (χ1v) is 8.97. The highest BCUT2D eigenvalue weighted by molar-refractivity contribution is 14.0. The summed E-state index contributed by atoms with van der Waals surface area (Å²) in [6, 6.07) is 13.9. The van der Waals surface area contributed by atoms with E-state index in [1.54, 1.807) is 13.3 Å². The number of aliphatic imine (C=N–C) groups is 1. The molecule has 0 aliphatic carbocycles. The molecule has 29 heavy (non-hydrogen) atoms. The van der Waals surface area contributed by atoms with E-state index in [2.05, 4.69) is 37.7 Å². The quantitative estimate of drug-likeness (QED) is 0.247. The highest BCUT2D eigenvalue weighted by Crippen LogP contribution is 2.18. The van der Waals surface area contributed by atoms with Crippen LogP contribution < -0.4 is 10.6 Å². The SMILES string of the molecule is CN=C(NCc1coc(-c2ccc(C)cc2)n1)NCc1nnc2ccccn12.I. The van der Waals surface area contributed by atoms with Gasteiger partial charge < -0.3 is 15.1 Å². The van der Waals surface area contributed by atoms with Crippen molar-refractivity contribution in [1.82, 2.24) is 30.2 Å². The minimum atomic E-state index is 0. The smallest absolute Gasteiger partial charge is 0.226 e. The second kappa shape index (κ2) is 9.50. The van der Waals surface area contributed by atoms with Crippen molar-refractivity contribution in [3.63, 3.8) is 0 Å². The second-order valence-corrected chi connectivity index (χ2v) is 6.33. The Bertz CT molecular complexity index is 1100. The average molecular weight is 503 g/mol. The van der Waals surface area contributed by atoms with Crippen LogP contribution in [0.4, 0.5) is 0 Å². The number of aromatic nitrogens is 4. The maximum atomic E-state index is 5.59. The number of pyridine rings is 1. The highest BCUT2D eigenvalue weighted by atomic mass is 127. The summed E-state index contributed by atoms with van der Waals surface area (Å²) in [6.45, 7) is 3.05. The van der Waals surface area contributed by atoms with Crippen LogP contribution in [0.2, 0.25) is 0 Å². The number of hydrogen-bond acceptors (Lipinski definition) is 5. The van der Waals surface area contributed by atoms with Gasteiger partial charge in [-0.2, -0.15) is 0 Å². The van der Waals surface area contributed by atoms with Crippen LogP contribution in [0.25, 0.3) is 17.1 Å². The molecule has 150 valence electrons. The van der Waals surface area contributed by atoms with Crippen LogP contribution in [0.1, 0.15) is 17.1 Å². The number of benzene rings is 1. The standard InChI is InChI=1S/C20H21N7O.HI/c1-14-6-8-15(9-7-14)19-24-16(13-28-19)11-22-20(21-2)23-12-18-26-25-17-5-3-4-10-27(17)18;/h3-10,13H,11-12H2,1-2H3,(H2,21,22,23);1H. The zero-order chi connectivity index (χ0) is 19.3. The molecule has 0 bridgehead atoms. The molecule has 0 saturated heterocycles. The molecular weight excluding hydrogens is 481 g/mol. The first kappa shape index (κ1) is 20.8. The molecule has 0 atom stereocenters. The van der Waals surface area contributed by atoms with E-state index < -0.39 is 0 Å². The Balaban J connectivity index is 0.00000240. The Morgan fingerprint density at radius 1 is 1.07 bits per heavy atom.